The first-order chi connectivity index (χ1) is 12.2. The molecule has 1 aliphatic heterocycles. The number of carboxylic acid groups (broad SMARTS) is 1. The van der Waals surface area contributed by atoms with Gasteiger partial charge in [0.05, 0.1) is 12.5 Å². The predicted octanol–water partition coefficient (Wildman–Crippen LogP) is 3.18. The first-order valence-electron chi connectivity index (χ1n) is 8.53. The Bertz CT molecular complexity index is 711. The third kappa shape index (κ3) is 4.51. The lowest BCUT2D eigenvalue weighted by Crippen LogP contribution is -2.49. The lowest BCUT2D eigenvalue weighted by Gasteiger charge is -2.36. The Kier molecular flexibility index (Phi) is 5.56. The van der Waals surface area contributed by atoms with Crippen molar-refractivity contribution in [3.63, 3.8) is 0 Å². The molecule has 132 valence electrons. The van der Waals surface area contributed by atoms with Gasteiger partial charge in [-0.3, -0.25) is 9.69 Å². The Hall–Kier alpha value is -2.53. The second kappa shape index (κ2) is 8.03. The molecule has 25 heavy (non-hydrogen) atoms. The average molecular weight is 341 g/mol. The minimum absolute atomic E-state index is 0.236. The molecule has 0 aromatic heterocycles. The van der Waals surface area contributed by atoms with E-state index in [2.05, 4.69) is 4.90 Å². The van der Waals surface area contributed by atoms with Gasteiger partial charge in [0.1, 0.15) is 6.61 Å². The molecule has 0 radical (unpaired) electrons. The quantitative estimate of drug-likeness (QED) is 0.799. The van der Waals surface area contributed by atoms with E-state index >= 15 is 0 Å². The van der Waals surface area contributed by atoms with Crippen molar-refractivity contribution in [2.75, 3.05) is 19.7 Å². The molecule has 1 heterocycles. The highest BCUT2D eigenvalue weighted by Gasteiger charge is 2.32. The van der Waals surface area contributed by atoms with Gasteiger partial charge in [0.25, 0.3) is 0 Å². The molecule has 0 aliphatic carbocycles. The standard InChI is InChI=1S/C20H23NO4/c1-2-24-19-10-16(11-21-12-17(13-21)20(22)23)8-9-18(19)25-14-15-6-4-3-5-7-15/h3-10,17H,2,11-14H2,1H3,(H,22,23). The van der Waals surface area contributed by atoms with E-state index in [1.165, 1.54) is 0 Å². The van der Waals surface area contributed by atoms with E-state index in [9.17, 15) is 4.79 Å². The van der Waals surface area contributed by atoms with Gasteiger partial charge in [0, 0.05) is 19.6 Å². The Balaban J connectivity index is 1.63. The van der Waals surface area contributed by atoms with Crippen molar-refractivity contribution in [2.24, 2.45) is 5.92 Å². The number of hydrogen-bond donors (Lipinski definition) is 1. The molecule has 0 amide bonds. The third-order valence-electron chi connectivity index (χ3n) is 4.26. The summed E-state index contributed by atoms with van der Waals surface area (Å²) < 4.78 is 11.6. The Labute approximate surface area is 147 Å². The second-order valence-electron chi connectivity index (χ2n) is 6.22. The highest BCUT2D eigenvalue weighted by Crippen LogP contribution is 2.30. The molecule has 0 bridgehead atoms. The SMILES string of the molecule is CCOc1cc(CN2CC(C(=O)O)C2)ccc1OCc1ccccc1. The van der Waals surface area contributed by atoms with Gasteiger partial charge < -0.3 is 14.6 Å². The van der Waals surface area contributed by atoms with Crippen LogP contribution in [0.25, 0.3) is 0 Å². The summed E-state index contributed by atoms with van der Waals surface area (Å²) in [6, 6.07) is 15.9. The normalized spacial score (nSPS) is 14.8. The Morgan fingerprint density at radius 2 is 1.84 bits per heavy atom. The number of benzene rings is 2. The zero-order chi connectivity index (χ0) is 17.6. The largest absolute Gasteiger partial charge is 0.490 e. The highest BCUT2D eigenvalue weighted by molar-refractivity contribution is 5.71. The molecule has 2 aromatic rings. The van der Waals surface area contributed by atoms with Crippen molar-refractivity contribution in [1.29, 1.82) is 0 Å². The highest BCUT2D eigenvalue weighted by atomic mass is 16.5. The summed E-state index contributed by atoms with van der Waals surface area (Å²) in [6.07, 6.45) is 0. The Morgan fingerprint density at radius 3 is 2.52 bits per heavy atom. The number of nitrogens with zero attached hydrogens (tertiary/aromatic N) is 1. The molecule has 2 aromatic carbocycles. The van der Waals surface area contributed by atoms with E-state index in [0.29, 0.717) is 26.3 Å². The molecule has 1 fully saturated rings. The molecule has 1 saturated heterocycles. The summed E-state index contributed by atoms with van der Waals surface area (Å²) in [7, 11) is 0. The molecule has 5 heteroatoms. The van der Waals surface area contributed by atoms with Gasteiger partial charge >= 0.3 is 5.97 Å². The van der Waals surface area contributed by atoms with Crippen LogP contribution in [0.2, 0.25) is 0 Å². The van der Waals surface area contributed by atoms with Crippen LogP contribution < -0.4 is 9.47 Å². The number of rotatable bonds is 8. The Morgan fingerprint density at radius 1 is 1.08 bits per heavy atom. The number of ether oxygens (including phenoxy) is 2. The zero-order valence-corrected chi connectivity index (χ0v) is 14.4. The maximum Gasteiger partial charge on any atom is 0.309 e. The van der Waals surface area contributed by atoms with Crippen molar-refractivity contribution < 1.29 is 19.4 Å². The van der Waals surface area contributed by atoms with Crippen LogP contribution in [0.4, 0.5) is 0 Å². The van der Waals surface area contributed by atoms with Crippen molar-refractivity contribution in [3.8, 4) is 11.5 Å². The fraction of sp³-hybridized carbons (Fsp3) is 0.350. The van der Waals surface area contributed by atoms with Crippen molar-refractivity contribution >= 4 is 5.97 Å². The summed E-state index contributed by atoms with van der Waals surface area (Å²) in [5, 5.41) is 8.96. The van der Waals surface area contributed by atoms with Crippen LogP contribution in [0, 0.1) is 5.92 Å². The second-order valence-corrected chi connectivity index (χ2v) is 6.22. The minimum atomic E-state index is -0.712. The van der Waals surface area contributed by atoms with E-state index in [-0.39, 0.29) is 5.92 Å². The molecule has 1 aliphatic rings. The van der Waals surface area contributed by atoms with Gasteiger partial charge in [-0.1, -0.05) is 36.4 Å². The fourth-order valence-corrected chi connectivity index (χ4v) is 2.89. The number of carboxylic acids is 1. The monoisotopic (exact) mass is 341 g/mol. The van der Waals surface area contributed by atoms with E-state index in [4.69, 9.17) is 14.6 Å². The first-order valence-corrected chi connectivity index (χ1v) is 8.53. The molecule has 3 rings (SSSR count). The molecule has 0 saturated carbocycles. The molecular weight excluding hydrogens is 318 g/mol. The summed E-state index contributed by atoms with van der Waals surface area (Å²) >= 11 is 0. The minimum Gasteiger partial charge on any atom is -0.490 e. The summed E-state index contributed by atoms with van der Waals surface area (Å²) in [6.45, 7) is 4.93. The molecule has 1 N–H and O–H groups in total. The lowest BCUT2D eigenvalue weighted by atomic mass is 9.99. The van der Waals surface area contributed by atoms with Crippen LogP contribution in [0.5, 0.6) is 11.5 Å². The lowest BCUT2D eigenvalue weighted by molar-refractivity contribution is -0.147. The first kappa shape index (κ1) is 17.3. The zero-order valence-electron chi connectivity index (χ0n) is 14.4. The predicted molar refractivity (Wildman–Crippen MR) is 94.8 cm³/mol. The summed E-state index contributed by atoms with van der Waals surface area (Å²) in [5.41, 5.74) is 2.20. The van der Waals surface area contributed by atoms with Crippen LogP contribution in [-0.2, 0) is 17.9 Å². The summed E-state index contributed by atoms with van der Waals surface area (Å²) in [5.74, 6) is 0.503. The fourth-order valence-electron chi connectivity index (χ4n) is 2.89. The van der Waals surface area contributed by atoms with E-state index in [0.717, 1.165) is 29.2 Å². The molecule has 0 spiro atoms. The van der Waals surface area contributed by atoms with Crippen molar-refractivity contribution in [3.05, 3.63) is 59.7 Å². The van der Waals surface area contributed by atoms with Crippen LogP contribution in [-0.4, -0.2) is 35.7 Å². The van der Waals surface area contributed by atoms with Crippen LogP contribution >= 0.6 is 0 Å². The maximum atomic E-state index is 10.9. The van der Waals surface area contributed by atoms with Gasteiger partial charge in [-0.15, -0.1) is 0 Å². The molecule has 0 unspecified atom stereocenters. The smallest absolute Gasteiger partial charge is 0.309 e. The number of likely N-dealkylation sites (tertiary alicyclic amines) is 1. The van der Waals surface area contributed by atoms with Crippen LogP contribution in [0.1, 0.15) is 18.1 Å². The summed E-state index contributed by atoms with van der Waals surface area (Å²) in [4.78, 5) is 13.0. The number of carbonyl (C=O) groups is 1. The number of aliphatic carboxylic acids is 1. The van der Waals surface area contributed by atoms with E-state index in [1.54, 1.807) is 0 Å². The maximum absolute atomic E-state index is 10.9. The topological polar surface area (TPSA) is 59.0 Å². The van der Waals surface area contributed by atoms with Gasteiger partial charge in [0.2, 0.25) is 0 Å². The van der Waals surface area contributed by atoms with Crippen molar-refractivity contribution in [2.45, 2.75) is 20.1 Å². The van der Waals surface area contributed by atoms with Crippen LogP contribution in [0.15, 0.2) is 48.5 Å². The van der Waals surface area contributed by atoms with E-state index < -0.39 is 5.97 Å². The third-order valence-corrected chi connectivity index (χ3v) is 4.26. The average Bonchev–Trinajstić information content (AvgIpc) is 2.58. The molecular formula is C20H23NO4. The van der Waals surface area contributed by atoms with Gasteiger partial charge in [-0.05, 0) is 30.2 Å². The molecule has 5 nitrogen and oxygen atoms in total. The number of hydrogen-bond acceptors (Lipinski definition) is 4. The van der Waals surface area contributed by atoms with Gasteiger partial charge in [-0.25, -0.2) is 0 Å². The van der Waals surface area contributed by atoms with E-state index in [1.807, 2.05) is 55.5 Å². The molecule has 0 atom stereocenters. The van der Waals surface area contributed by atoms with Crippen LogP contribution in [0.3, 0.4) is 0 Å². The van der Waals surface area contributed by atoms with Gasteiger partial charge in [0.15, 0.2) is 11.5 Å². The van der Waals surface area contributed by atoms with Crippen molar-refractivity contribution in [1.82, 2.24) is 4.90 Å². The van der Waals surface area contributed by atoms with Gasteiger partial charge in [-0.2, -0.15) is 0 Å².